The van der Waals surface area contributed by atoms with Gasteiger partial charge in [0, 0.05) is 42.0 Å². The zero-order valence-electron chi connectivity index (χ0n) is 17.3. The normalized spacial score (nSPS) is 20.3. The maximum Gasteiger partial charge on any atom is 0.257 e. The van der Waals surface area contributed by atoms with Crippen molar-refractivity contribution < 1.29 is 18.6 Å². The van der Waals surface area contributed by atoms with Gasteiger partial charge in [0.15, 0.2) is 5.75 Å². The van der Waals surface area contributed by atoms with Crippen molar-refractivity contribution in [3.63, 3.8) is 0 Å². The van der Waals surface area contributed by atoms with E-state index in [0.717, 1.165) is 43.1 Å². The number of pyridine rings is 2. The summed E-state index contributed by atoms with van der Waals surface area (Å²) >= 11 is 0. The van der Waals surface area contributed by atoms with Gasteiger partial charge < -0.3 is 14.2 Å². The molecule has 0 unspecified atom stereocenters. The zero-order valence-corrected chi connectivity index (χ0v) is 17.3. The van der Waals surface area contributed by atoms with E-state index < -0.39 is 0 Å². The minimum Gasteiger partial charge on any atom is -0.493 e. The fraction of sp³-hybridized carbons (Fsp3) is 0.545. The van der Waals surface area contributed by atoms with Crippen LogP contribution in [0.15, 0.2) is 18.2 Å². The number of likely N-dealkylation sites (tertiary alicyclic amines) is 1. The third-order valence-electron chi connectivity index (χ3n) is 5.55. The van der Waals surface area contributed by atoms with E-state index >= 15 is 0 Å². The molecule has 7 heteroatoms. The molecule has 2 aliphatic heterocycles. The van der Waals surface area contributed by atoms with Gasteiger partial charge in [-0.25, -0.2) is 9.37 Å². The average Bonchev–Trinajstić information content (AvgIpc) is 2.71. The number of rotatable bonds is 5. The highest BCUT2D eigenvalue weighted by atomic mass is 19.1. The SMILES string of the molecule is Cc1cc(OC[C@@H]2CCCN([C@@H](C)c3nc4c(cc3F)OCCO4)C2)cc(C)n1. The summed E-state index contributed by atoms with van der Waals surface area (Å²) in [4.78, 5) is 11.1. The van der Waals surface area contributed by atoms with E-state index in [1.807, 2.05) is 32.9 Å². The average molecular weight is 401 g/mol. The Morgan fingerprint density at radius 1 is 1.17 bits per heavy atom. The molecule has 0 amide bonds. The van der Waals surface area contributed by atoms with Gasteiger partial charge in [-0.05, 0) is 40.2 Å². The molecule has 0 aliphatic carbocycles. The number of aromatic nitrogens is 2. The summed E-state index contributed by atoms with van der Waals surface area (Å²) in [5, 5.41) is 0. The van der Waals surface area contributed by atoms with Crippen molar-refractivity contribution in [2.24, 2.45) is 5.92 Å². The van der Waals surface area contributed by atoms with Crippen molar-refractivity contribution >= 4 is 0 Å². The molecule has 0 bridgehead atoms. The molecular weight excluding hydrogens is 373 g/mol. The van der Waals surface area contributed by atoms with Gasteiger partial charge in [0.25, 0.3) is 5.88 Å². The Bertz CT molecular complexity index is 856. The number of aryl methyl sites for hydroxylation is 2. The molecular formula is C22H28FN3O3. The molecule has 0 radical (unpaired) electrons. The number of hydrogen-bond donors (Lipinski definition) is 0. The van der Waals surface area contributed by atoms with Gasteiger partial charge in [-0.2, -0.15) is 0 Å². The first kappa shape index (κ1) is 19.9. The molecule has 1 fully saturated rings. The number of halogens is 1. The summed E-state index contributed by atoms with van der Waals surface area (Å²) in [6, 6.07) is 5.18. The van der Waals surface area contributed by atoms with Crippen molar-refractivity contribution in [2.75, 3.05) is 32.9 Å². The first-order chi connectivity index (χ1) is 14.0. The third kappa shape index (κ3) is 4.61. The second-order valence-electron chi connectivity index (χ2n) is 7.93. The largest absolute Gasteiger partial charge is 0.493 e. The van der Waals surface area contributed by atoms with Gasteiger partial charge in [0.2, 0.25) is 0 Å². The maximum absolute atomic E-state index is 14.7. The highest BCUT2D eigenvalue weighted by Gasteiger charge is 2.29. The predicted molar refractivity (Wildman–Crippen MR) is 107 cm³/mol. The van der Waals surface area contributed by atoms with E-state index in [9.17, 15) is 4.39 Å². The minimum atomic E-state index is -0.345. The van der Waals surface area contributed by atoms with Crippen LogP contribution in [-0.2, 0) is 0 Å². The lowest BCUT2D eigenvalue weighted by atomic mass is 9.97. The van der Waals surface area contributed by atoms with E-state index in [2.05, 4.69) is 14.9 Å². The smallest absolute Gasteiger partial charge is 0.257 e. The molecule has 0 aromatic carbocycles. The highest BCUT2D eigenvalue weighted by Crippen LogP contribution is 2.34. The van der Waals surface area contributed by atoms with Gasteiger partial charge in [-0.1, -0.05) is 0 Å². The van der Waals surface area contributed by atoms with Crippen LogP contribution < -0.4 is 14.2 Å². The third-order valence-corrected chi connectivity index (χ3v) is 5.55. The molecule has 6 nitrogen and oxygen atoms in total. The number of ether oxygens (including phenoxy) is 3. The molecule has 2 atom stereocenters. The lowest BCUT2D eigenvalue weighted by Crippen LogP contribution is -2.39. The van der Waals surface area contributed by atoms with Crippen LogP contribution in [0.25, 0.3) is 0 Å². The first-order valence-corrected chi connectivity index (χ1v) is 10.3. The van der Waals surface area contributed by atoms with Crippen LogP contribution in [-0.4, -0.2) is 47.8 Å². The zero-order chi connectivity index (χ0) is 20.4. The quantitative estimate of drug-likeness (QED) is 0.758. The van der Waals surface area contributed by atoms with Crippen molar-refractivity contribution in [1.82, 2.24) is 14.9 Å². The van der Waals surface area contributed by atoms with Crippen LogP contribution in [0.3, 0.4) is 0 Å². The first-order valence-electron chi connectivity index (χ1n) is 10.3. The second-order valence-corrected chi connectivity index (χ2v) is 7.93. The van der Waals surface area contributed by atoms with Crippen LogP contribution in [0.2, 0.25) is 0 Å². The topological polar surface area (TPSA) is 56.7 Å². The molecule has 0 saturated carbocycles. The van der Waals surface area contributed by atoms with Crippen molar-refractivity contribution in [2.45, 2.75) is 39.7 Å². The van der Waals surface area contributed by atoms with Gasteiger partial charge in [-0.15, -0.1) is 0 Å². The fourth-order valence-corrected chi connectivity index (χ4v) is 4.11. The summed E-state index contributed by atoms with van der Waals surface area (Å²) < 4.78 is 31.7. The van der Waals surface area contributed by atoms with Crippen molar-refractivity contribution in [1.29, 1.82) is 0 Å². The van der Waals surface area contributed by atoms with E-state index in [0.29, 0.717) is 43.1 Å². The van der Waals surface area contributed by atoms with Gasteiger partial charge in [0.1, 0.15) is 24.8 Å². The Kier molecular flexibility index (Phi) is 5.85. The second kappa shape index (κ2) is 8.53. The van der Waals surface area contributed by atoms with Crippen molar-refractivity contribution in [3.8, 4) is 17.4 Å². The lowest BCUT2D eigenvalue weighted by Gasteiger charge is -2.36. The Labute approximate surface area is 171 Å². The molecule has 156 valence electrons. The lowest BCUT2D eigenvalue weighted by molar-refractivity contribution is 0.0963. The van der Waals surface area contributed by atoms with Crippen LogP contribution >= 0.6 is 0 Å². The van der Waals surface area contributed by atoms with E-state index in [1.165, 1.54) is 6.07 Å². The predicted octanol–water partition coefficient (Wildman–Crippen LogP) is 3.86. The summed E-state index contributed by atoms with van der Waals surface area (Å²) in [7, 11) is 0. The van der Waals surface area contributed by atoms with Gasteiger partial charge >= 0.3 is 0 Å². The highest BCUT2D eigenvalue weighted by molar-refractivity contribution is 5.37. The molecule has 2 aliphatic rings. The fourth-order valence-electron chi connectivity index (χ4n) is 4.11. The summed E-state index contributed by atoms with van der Waals surface area (Å²) in [6.07, 6.45) is 2.16. The molecule has 0 N–H and O–H groups in total. The Hall–Kier alpha value is -2.41. The van der Waals surface area contributed by atoms with Crippen LogP contribution in [0.4, 0.5) is 4.39 Å². The van der Waals surface area contributed by atoms with Crippen LogP contribution in [0.5, 0.6) is 17.4 Å². The number of fused-ring (bicyclic) bond motifs is 1. The maximum atomic E-state index is 14.7. The molecule has 2 aromatic rings. The summed E-state index contributed by atoms with van der Waals surface area (Å²) in [5.41, 5.74) is 2.33. The van der Waals surface area contributed by atoms with Crippen molar-refractivity contribution in [3.05, 3.63) is 41.1 Å². The molecule has 4 rings (SSSR count). The number of nitrogens with zero attached hydrogens (tertiary/aromatic N) is 3. The van der Waals surface area contributed by atoms with E-state index in [-0.39, 0.29) is 11.9 Å². The molecule has 1 saturated heterocycles. The van der Waals surface area contributed by atoms with Gasteiger partial charge in [0.05, 0.1) is 18.3 Å². The standard InChI is InChI=1S/C22H28FN3O3/c1-14-9-18(10-15(2)24-14)29-13-17-5-4-6-26(12-17)16(3)21-19(23)11-20-22(25-21)28-8-7-27-20/h9-11,16-17H,4-8,12-13H2,1-3H3/t16-,17+/m0/s1. The monoisotopic (exact) mass is 401 g/mol. The van der Waals surface area contributed by atoms with E-state index in [4.69, 9.17) is 14.2 Å². The van der Waals surface area contributed by atoms with Crippen LogP contribution in [0, 0.1) is 25.6 Å². The summed E-state index contributed by atoms with van der Waals surface area (Å²) in [5.74, 6) is 1.68. The Morgan fingerprint density at radius 2 is 1.93 bits per heavy atom. The minimum absolute atomic E-state index is 0.140. The number of hydrogen-bond acceptors (Lipinski definition) is 6. The number of piperidine rings is 1. The Balaban J connectivity index is 1.41. The van der Waals surface area contributed by atoms with Crippen LogP contribution in [0.1, 0.15) is 42.9 Å². The molecule has 0 spiro atoms. The van der Waals surface area contributed by atoms with Gasteiger partial charge in [-0.3, -0.25) is 9.88 Å². The Morgan fingerprint density at radius 3 is 2.72 bits per heavy atom. The molecule has 4 heterocycles. The molecule has 29 heavy (non-hydrogen) atoms. The molecule has 2 aromatic heterocycles. The van der Waals surface area contributed by atoms with E-state index in [1.54, 1.807) is 0 Å². The summed E-state index contributed by atoms with van der Waals surface area (Å²) in [6.45, 7) is 9.21.